The number of hydrogen-bond acceptors (Lipinski definition) is 5. The van der Waals surface area contributed by atoms with Gasteiger partial charge in [0.2, 0.25) is 0 Å². The third-order valence-electron chi connectivity index (χ3n) is 3.91. The third kappa shape index (κ3) is 4.66. The van der Waals surface area contributed by atoms with Crippen LogP contribution in [0.2, 0.25) is 0 Å². The molecule has 1 saturated heterocycles. The number of halogens is 2. The second-order valence-corrected chi connectivity index (χ2v) is 5.73. The van der Waals surface area contributed by atoms with E-state index in [1.165, 1.54) is 0 Å². The molecular formula is C18H19F2N3O3. The Bertz CT molecular complexity index is 767. The number of amides is 1. The van der Waals surface area contributed by atoms with Gasteiger partial charge in [0.25, 0.3) is 5.91 Å². The van der Waals surface area contributed by atoms with Crippen molar-refractivity contribution >= 4 is 11.7 Å². The van der Waals surface area contributed by atoms with Crippen molar-refractivity contribution in [1.82, 2.24) is 10.3 Å². The third-order valence-corrected chi connectivity index (χ3v) is 3.91. The fourth-order valence-electron chi connectivity index (χ4n) is 2.61. The molecule has 138 valence electrons. The highest BCUT2D eigenvalue weighted by atomic mass is 19.1. The van der Waals surface area contributed by atoms with E-state index < -0.39 is 17.5 Å². The highest BCUT2D eigenvalue weighted by Crippen LogP contribution is 2.19. The summed E-state index contributed by atoms with van der Waals surface area (Å²) in [5, 5.41) is 2.72. The summed E-state index contributed by atoms with van der Waals surface area (Å²) in [4.78, 5) is 18.5. The Labute approximate surface area is 149 Å². The molecule has 1 aromatic heterocycles. The molecule has 2 heterocycles. The molecule has 8 heteroatoms. The maximum absolute atomic E-state index is 13.5. The van der Waals surface area contributed by atoms with Crippen LogP contribution in [0.4, 0.5) is 14.6 Å². The number of carbonyl (C=O) groups is 1. The van der Waals surface area contributed by atoms with Crippen LogP contribution >= 0.6 is 0 Å². The van der Waals surface area contributed by atoms with Crippen molar-refractivity contribution in [3.8, 4) is 5.75 Å². The second-order valence-electron chi connectivity index (χ2n) is 5.73. The van der Waals surface area contributed by atoms with Crippen molar-refractivity contribution in [3.63, 3.8) is 0 Å². The monoisotopic (exact) mass is 363 g/mol. The number of nitrogens with one attached hydrogen (secondary N) is 1. The highest BCUT2D eigenvalue weighted by molar-refractivity contribution is 5.77. The molecule has 0 unspecified atom stereocenters. The minimum atomic E-state index is -0.848. The van der Waals surface area contributed by atoms with Gasteiger partial charge in [-0.3, -0.25) is 4.79 Å². The molecule has 1 aromatic carbocycles. The fourth-order valence-corrected chi connectivity index (χ4v) is 2.61. The molecule has 0 aliphatic carbocycles. The first-order chi connectivity index (χ1) is 12.6. The topological polar surface area (TPSA) is 63.7 Å². The number of ether oxygens (including phenoxy) is 2. The zero-order valence-corrected chi connectivity index (χ0v) is 14.1. The predicted octanol–water partition coefficient (Wildman–Crippen LogP) is 1.89. The summed E-state index contributed by atoms with van der Waals surface area (Å²) in [6.45, 7) is 2.67. The number of pyridine rings is 1. The second kappa shape index (κ2) is 8.57. The van der Waals surface area contributed by atoms with Gasteiger partial charge >= 0.3 is 0 Å². The largest absolute Gasteiger partial charge is 0.481 e. The number of anilines is 1. The summed E-state index contributed by atoms with van der Waals surface area (Å²) in [6, 6.07) is 6.61. The Hall–Kier alpha value is -2.74. The SMILES string of the molecule is O=C(COc1ccc(F)cc1F)NCc1cccnc1N1CCOCC1. The van der Waals surface area contributed by atoms with Gasteiger partial charge in [0.05, 0.1) is 13.2 Å². The molecular weight excluding hydrogens is 344 g/mol. The summed E-state index contributed by atoms with van der Waals surface area (Å²) >= 11 is 0. The first-order valence-electron chi connectivity index (χ1n) is 8.24. The van der Waals surface area contributed by atoms with E-state index in [4.69, 9.17) is 9.47 Å². The maximum Gasteiger partial charge on any atom is 0.258 e. The normalized spacial score (nSPS) is 14.2. The van der Waals surface area contributed by atoms with E-state index in [9.17, 15) is 13.6 Å². The van der Waals surface area contributed by atoms with Crippen LogP contribution in [0.15, 0.2) is 36.5 Å². The van der Waals surface area contributed by atoms with Crippen molar-refractivity contribution in [1.29, 1.82) is 0 Å². The molecule has 0 saturated carbocycles. The number of hydrogen-bond donors (Lipinski definition) is 1. The number of morpholine rings is 1. The van der Waals surface area contributed by atoms with E-state index in [0.717, 1.165) is 36.6 Å². The van der Waals surface area contributed by atoms with E-state index in [1.807, 2.05) is 6.07 Å². The Morgan fingerprint density at radius 1 is 1.27 bits per heavy atom. The van der Waals surface area contributed by atoms with Crippen molar-refractivity contribution < 1.29 is 23.0 Å². The van der Waals surface area contributed by atoms with Crippen LogP contribution in [0.5, 0.6) is 5.75 Å². The van der Waals surface area contributed by atoms with E-state index in [1.54, 1.807) is 12.3 Å². The van der Waals surface area contributed by atoms with Crippen LogP contribution in [-0.4, -0.2) is 43.8 Å². The lowest BCUT2D eigenvalue weighted by molar-refractivity contribution is -0.123. The summed E-state index contributed by atoms with van der Waals surface area (Å²) in [7, 11) is 0. The number of aromatic nitrogens is 1. The first kappa shape index (κ1) is 18.1. The number of nitrogens with zero attached hydrogens (tertiary/aromatic N) is 2. The van der Waals surface area contributed by atoms with Gasteiger partial charge in [-0.2, -0.15) is 0 Å². The van der Waals surface area contributed by atoms with Crippen LogP contribution in [0.3, 0.4) is 0 Å². The molecule has 1 fully saturated rings. The summed E-state index contributed by atoms with van der Waals surface area (Å²) in [5.41, 5.74) is 0.871. The maximum atomic E-state index is 13.5. The summed E-state index contributed by atoms with van der Waals surface area (Å²) in [6.07, 6.45) is 1.70. The molecule has 26 heavy (non-hydrogen) atoms. The van der Waals surface area contributed by atoms with E-state index in [-0.39, 0.29) is 18.9 Å². The molecule has 2 aromatic rings. The van der Waals surface area contributed by atoms with Gasteiger partial charge in [-0.05, 0) is 18.2 Å². The smallest absolute Gasteiger partial charge is 0.258 e. The zero-order valence-electron chi connectivity index (χ0n) is 14.1. The van der Waals surface area contributed by atoms with Crippen molar-refractivity contribution in [3.05, 3.63) is 53.7 Å². The van der Waals surface area contributed by atoms with Gasteiger partial charge in [0, 0.05) is 37.5 Å². The number of rotatable bonds is 6. The number of carbonyl (C=O) groups excluding carboxylic acids is 1. The molecule has 1 N–H and O–H groups in total. The molecule has 0 atom stereocenters. The Balaban J connectivity index is 1.54. The van der Waals surface area contributed by atoms with Gasteiger partial charge in [-0.15, -0.1) is 0 Å². The van der Waals surface area contributed by atoms with Gasteiger partial charge in [-0.25, -0.2) is 13.8 Å². The standard InChI is InChI=1S/C18H19F2N3O3/c19-14-3-4-16(15(20)10-14)26-12-17(24)22-11-13-2-1-5-21-18(13)23-6-8-25-9-7-23/h1-5,10H,6-9,11-12H2,(H,22,24). The lowest BCUT2D eigenvalue weighted by Gasteiger charge is -2.29. The van der Waals surface area contributed by atoms with E-state index in [2.05, 4.69) is 15.2 Å². The molecule has 1 aliphatic rings. The number of benzene rings is 1. The Morgan fingerprint density at radius 3 is 2.85 bits per heavy atom. The lowest BCUT2D eigenvalue weighted by Crippen LogP contribution is -2.38. The Kier molecular flexibility index (Phi) is 5.96. The first-order valence-corrected chi connectivity index (χ1v) is 8.24. The van der Waals surface area contributed by atoms with Gasteiger partial charge in [-0.1, -0.05) is 6.07 Å². The molecule has 3 rings (SSSR count). The average molecular weight is 363 g/mol. The molecule has 1 aliphatic heterocycles. The lowest BCUT2D eigenvalue weighted by atomic mass is 10.2. The fraction of sp³-hybridized carbons (Fsp3) is 0.333. The highest BCUT2D eigenvalue weighted by Gasteiger charge is 2.16. The summed E-state index contributed by atoms with van der Waals surface area (Å²) < 4.78 is 36.8. The van der Waals surface area contributed by atoms with Crippen LogP contribution < -0.4 is 15.0 Å². The van der Waals surface area contributed by atoms with Crippen LogP contribution in [-0.2, 0) is 16.1 Å². The zero-order chi connectivity index (χ0) is 18.4. The quantitative estimate of drug-likeness (QED) is 0.849. The minimum Gasteiger partial charge on any atom is -0.481 e. The van der Waals surface area contributed by atoms with Crippen LogP contribution in [0, 0.1) is 11.6 Å². The van der Waals surface area contributed by atoms with E-state index in [0.29, 0.717) is 19.3 Å². The van der Waals surface area contributed by atoms with Crippen molar-refractivity contribution in [2.45, 2.75) is 6.54 Å². The van der Waals surface area contributed by atoms with Gasteiger partial charge in [0.15, 0.2) is 18.2 Å². The van der Waals surface area contributed by atoms with Crippen LogP contribution in [0.1, 0.15) is 5.56 Å². The molecule has 6 nitrogen and oxygen atoms in total. The van der Waals surface area contributed by atoms with Gasteiger partial charge < -0.3 is 19.7 Å². The molecule has 1 amide bonds. The van der Waals surface area contributed by atoms with Gasteiger partial charge in [0.1, 0.15) is 11.6 Å². The minimum absolute atomic E-state index is 0.170. The Morgan fingerprint density at radius 2 is 2.08 bits per heavy atom. The predicted molar refractivity (Wildman–Crippen MR) is 91.0 cm³/mol. The molecule has 0 radical (unpaired) electrons. The van der Waals surface area contributed by atoms with Crippen LogP contribution in [0.25, 0.3) is 0 Å². The van der Waals surface area contributed by atoms with Crippen molar-refractivity contribution in [2.75, 3.05) is 37.8 Å². The molecule has 0 spiro atoms. The van der Waals surface area contributed by atoms with E-state index >= 15 is 0 Å². The average Bonchev–Trinajstić information content (AvgIpc) is 2.66. The summed E-state index contributed by atoms with van der Waals surface area (Å²) in [5.74, 6) is -1.32. The van der Waals surface area contributed by atoms with Crippen molar-refractivity contribution in [2.24, 2.45) is 0 Å². The molecule has 0 bridgehead atoms.